The van der Waals surface area contributed by atoms with Gasteiger partial charge in [0.2, 0.25) is 5.91 Å². The second kappa shape index (κ2) is 6.53. The van der Waals surface area contributed by atoms with Crippen LogP contribution in [0.5, 0.6) is 0 Å². The van der Waals surface area contributed by atoms with Crippen molar-refractivity contribution >= 4 is 5.91 Å². The lowest BCUT2D eigenvalue weighted by atomic mass is 9.98. The number of nitrogens with zero attached hydrogens (tertiary/aromatic N) is 1. The van der Waals surface area contributed by atoms with Crippen molar-refractivity contribution in [1.82, 2.24) is 10.2 Å². The Morgan fingerprint density at radius 1 is 1.44 bits per heavy atom. The van der Waals surface area contributed by atoms with Crippen LogP contribution in [0.2, 0.25) is 0 Å². The summed E-state index contributed by atoms with van der Waals surface area (Å²) in [6.07, 6.45) is 4.47. The first kappa shape index (κ1) is 13.8. The minimum Gasteiger partial charge on any atom is -0.376 e. The molecule has 18 heavy (non-hydrogen) atoms. The summed E-state index contributed by atoms with van der Waals surface area (Å²) in [7, 11) is 0. The van der Waals surface area contributed by atoms with Crippen molar-refractivity contribution < 1.29 is 9.53 Å². The van der Waals surface area contributed by atoms with Crippen molar-refractivity contribution in [1.29, 1.82) is 0 Å². The maximum Gasteiger partial charge on any atom is 0.227 e. The molecule has 4 heteroatoms. The molecule has 0 aliphatic carbocycles. The predicted molar refractivity (Wildman–Crippen MR) is 71.4 cm³/mol. The number of nitrogens with one attached hydrogen (secondary N) is 1. The van der Waals surface area contributed by atoms with Gasteiger partial charge in [0.15, 0.2) is 0 Å². The summed E-state index contributed by atoms with van der Waals surface area (Å²) in [6, 6.07) is 0.328. The van der Waals surface area contributed by atoms with Crippen molar-refractivity contribution in [2.45, 2.75) is 51.7 Å². The van der Waals surface area contributed by atoms with Gasteiger partial charge in [-0.1, -0.05) is 6.92 Å². The third-order valence-corrected chi connectivity index (χ3v) is 4.09. The summed E-state index contributed by atoms with van der Waals surface area (Å²) in [4.78, 5) is 14.5. The number of amides is 1. The second-order valence-electron chi connectivity index (χ2n) is 5.56. The smallest absolute Gasteiger partial charge is 0.227 e. The molecule has 0 saturated carbocycles. The van der Waals surface area contributed by atoms with E-state index in [0.717, 1.165) is 51.9 Å². The number of carbonyl (C=O) groups excluding carboxylic acids is 1. The lowest BCUT2D eigenvalue weighted by Crippen LogP contribution is -2.47. The zero-order chi connectivity index (χ0) is 13.0. The fourth-order valence-electron chi connectivity index (χ4n) is 2.99. The van der Waals surface area contributed by atoms with Crippen molar-refractivity contribution in [3.8, 4) is 0 Å². The van der Waals surface area contributed by atoms with Crippen molar-refractivity contribution in [3.63, 3.8) is 0 Å². The van der Waals surface area contributed by atoms with Crippen LogP contribution < -0.4 is 5.32 Å². The van der Waals surface area contributed by atoms with E-state index in [1.165, 1.54) is 0 Å². The number of rotatable bonds is 4. The maximum atomic E-state index is 12.5. The molecule has 1 amide bonds. The summed E-state index contributed by atoms with van der Waals surface area (Å²) in [6.45, 7) is 7.73. The molecule has 1 N–H and O–H groups in total. The molecular formula is C14H26N2O2. The molecular weight excluding hydrogens is 228 g/mol. The van der Waals surface area contributed by atoms with Crippen LogP contribution in [-0.4, -0.2) is 49.2 Å². The largest absolute Gasteiger partial charge is 0.376 e. The fraction of sp³-hybridized carbons (Fsp3) is 0.929. The van der Waals surface area contributed by atoms with Gasteiger partial charge < -0.3 is 15.0 Å². The molecule has 4 nitrogen and oxygen atoms in total. The molecule has 2 heterocycles. The highest BCUT2D eigenvalue weighted by Gasteiger charge is 2.34. The van der Waals surface area contributed by atoms with E-state index in [2.05, 4.69) is 19.2 Å². The number of piperidine rings is 1. The van der Waals surface area contributed by atoms with Crippen LogP contribution in [0, 0.1) is 5.92 Å². The first-order valence-electron chi connectivity index (χ1n) is 7.36. The monoisotopic (exact) mass is 254 g/mol. The molecule has 0 radical (unpaired) electrons. The Hall–Kier alpha value is -0.610. The van der Waals surface area contributed by atoms with Gasteiger partial charge in [0.25, 0.3) is 0 Å². The van der Waals surface area contributed by atoms with E-state index in [-0.39, 0.29) is 12.0 Å². The highest BCUT2D eigenvalue weighted by atomic mass is 16.5. The molecule has 2 aliphatic rings. The fourth-order valence-corrected chi connectivity index (χ4v) is 2.99. The number of ether oxygens (including phenoxy) is 1. The summed E-state index contributed by atoms with van der Waals surface area (Å²) < 4.78 is 5.79. The van der Waals surface area contributed by atoms with Crippen LogP contribution in [0.15, 0.2) is 0 Å². The number of likely N-dealkylation sites (tertiary alicyclic amines) is 1. The van der Waals surface area contributed by atoms with Crippen molar-refractivity contribution in [2.75, 3.05) is 26.2 Å². The van der Waals surface area contributed by atoms with Crippen molar-refractivity contribution in [3.05, 3.63) is 0 Å². The third kappa shape index (κ3) is 3.23. The molecule has 3 unspecified atom stereocenters. The van der Waals surface area contributed by atoms with Crippen LogP contribution in [0.3, 0.4) is 0 Å². The summed E-state index contributed by atoms with van der Waals surface area (Å²) >= 11 is 0. The average molecular weight is 254 g/mol. The van der Waals surface area contributed by atoms with Gasteiger partial charge in [-0.2, -0.15) is 0 Å². The van der Waals surface area contributed by atoms with Crippen LogP contribution >= 0.6 is 0 Å². The third-order valence-electron chi connectivity index (χ3n) is 4.09. The average Bonchev–Trinajstić information content (AvgIpc) is 2.82. The standard InChI is InChI=1S/C14H26N2O2/c1-3-9-18-12-5-4-8-16(10-12)14(17)13-6-7-15-11(13)2/h11-13,15H,3-10H2,1-2H3. The highest BCUT2D eigenvalue weighted by Crippen LogP contribution is 2.21. The minimum atomic E-state index is 0.176. The van der Waals surface area contributed by atoms with Gasteiger partial charge in [-0.15, -0.1) is 0 Å². The van der Waals surface area contributed by atoms with Crippen molar-refractivity contribution in [2.24, 2.45) is 5.92 Å². The van der Waals surface area contributed by atoms with E-state index in [0.29, 0.717) is 11.9 Å². The molecule has 0 aromatic rings. The van der Waals surface area contributed by atoms with E-state index in [9.17, 15) is 4.79 Å². The number of hydrogen-bond donors (Lipinski definition) is 1. The van der Waals surface area contributed by atoms with Gasteiger partial charge in [0, 0.05) is 25.7 Å². The zero-order valence-electron chi connectivity index (χ0n) is 11.7. The first-order chi connectivity index (χ1) is 8.72. The second-order valence-corrected chi connectivity index (χ2v) is 5.56. The van der Waals surface area contributed by atoms with E-state index in [1.807, 2.05) is 4.90 Å². The van der Waals surface area contributed by atoms with Gasteiger partial charge in [-0.25, -0.2) is 0 Å². The first-order valence-corrected chi connectivity index (χ1v) is 7.36. The van der Waals surface area contributed by atoms with E-state index >= 15 is 0 Å². The summed E-state index contributed by atoms with van der Waals surface area (Å²) in [5.41, 5.74) is 0. The zero-order valence-corrected chi connectivity index (χ0v) is 11.7. The lowest BCUT2D eigenvalue weighted by molar-refractivity contribution is -0.139. The molecule has 104 valence electrons. The topological polar surface area (TPSA) is 41.6 Å². The predicted octanol–water partition coefficient (Wildman–Crippen LogP) is 1.40. The quantitative estimate of drug-likeness (QED) is 0.824. The molecule has 0 aromatic carbocycles. The highest BCUT2D eigenvalue weighted by molar-refractivity contribution is 5.80. The van der Waals surface area contributed by atoms with E-state index < -0.39 is 0 Å². The van der Waals surface area contributed by atoms with E-state index in [4.69, 9.17) is 4.74 Å². The Morgan fingerprint density at radius 3 is 2.94 bits per heavy atom. The van der Waals surface area contributed by atoms with Crippen LogP contribution in [0.4, 0.5) is 0 Å². The SMILES string of the molecule is CCCOC1CCCN(C(=O)C2CCNC2C)C1. The Morgan fingerprint density at radius 2 is 2.28 bits per heavy atom. The summed E-state index contributed by atoms with van der Waals surface area (Å²) in [5, 5.41) is 3.36. The van der Waals surface area contributed by atoms with Crippen LogP contribution in [0.25, 0.3) is 0 Å². The maximum absolute atomic E-state index is 12.5. The number of hydrogen-bond acceptors (Lipinski definition) is 3. The van der Waals surface area contributed by atoms with Gasteiger partial charge in [0.1, 0.15) is 0 Å². The molecule has 2 saturated heterocycles. The molecule has 3 atom stereocenters. The number of carbonyl (C=O) groups is 1. The lowest BCUT2D eigenvalue weighted by Gasteiger charge is -2.34. The molecule has 0 aromatic heterocycles. The van der Waals surface area contributed by atoms with Gasteiger partial charge >= 0.3 is 0 Å². The normalized spacial score (nSPS) is 32.8. The van der Waals surface area contributed by atoms with Gasteiger partial charge in [-0.05, 0) is 39.2 Å². The Labute approximate surface area is 110 Å². The van der Waals surface area contributed by atoms with Crippen LogP contribution in [-0.2, 0) is 9.53 Å². The summed E-state index contributed by atoms with van der Waals surface area (Å²) in [5.74, 6) is 0.507. The Bertz CT molecular complexity index is 283. The van der Waals surface area contributed by atoms with Gasteiger partial charge in [0.05, 0.1) is 12.0 Å². The molecule has 2 fully saturated rings. The molecule has 2 rings (SSSR count). The Balaban J connectivity index is 1.85. The molecule has 0 spiro atoms. The van der Waals surface area contributed by atoms with Crippen LogP contribution in [0.1, 0.15) is 39.5 Å². The molecule has 2 aliphatic heterocycles. The molecule has 0 bridgehead atoms. The Kier molecular flexibility index (Phi) is 5.01. The minimum absolute atomic E-state index is 0.176. The van der Waals surface area contributed by atoms with Gasteiger partial charge in [-0.3, -0.25) is 4.79 Å². The van der Waals surface area contributed by atoms with E-state index in [1.54, 1.807) is 0 Å².